The molecule has 0 radical (unpaired) electrons. The molecule has 1 aromatic heterocycles. The quantitative estimate of drug-likeness (QED) is 0.174. The molecule has 0 aliphatic heterocycles. The van der Waals surface area contributed by atoms with Gasteiger partial charge in [0.2, 0.25) is 12.3 Å². The minimum absolute atomic E-state index is 0.127. The molecule has 0 aliphatic carbocycles. The third-order valence-corrected chi connectivity index (χ3v) is 4.03. The lowest BCUT2D eigenvalue weighted by Crippen LogP contribution is -2.25. The van der Waals surface area contributed by atoms with Crippen molar-refractivity contribution < 1.29 is 23.9 Å². The summed E-state index contributed by atoms with van der Waals surface area (Å²) in [6, 6.07) is 1.63. The van der Waals surface area contributed by atoms with Crippen molar-refractivity contribution in [2.45, 2.75) is 19.3 Å². The van der Waals surface area contributed by atoms with Gasteiger partial charge in [0.25, 0.3) is 5.91 Å². The minimum Gasteiger partial charge on any atom is -0.392 e. The van der Waals surface area contributed by atoms with Crippen LogP contribution in [0, 0.1) is 0 Å². The van der Waals surface area contributed by atoms with Gasteiger partial charge in [-0.3, -0.25) is 14.4 Å². The van der Waals surface area contributed by atoms with Gasteiger partial charge in [0.15, 0.2) is 0 Å². The van der Waals surface area contributed by atoms with Crippen molar-refractivity contribution in [1.82, 2.24) is 20.5 Å². The highest BCUT2D eigenvalue weighted by molar-refractivity contribution is 5.97. The van der Waals surface area contributed by atoms with E-state index < -0.39 is 0 Å². The van der Waals surface area contributed by atoms with Gasteiger partial charge in [-0.2, -0.15) is 0 Å². The fourth-order valence-electron chi connectivity index (χ4n) is 2.59. The summed E-state index contributed by atoms with van der Waals surface area (Å²) in [6.07, 6.45) is 9.29. The maximum Gasteiger partial charge on any atom is 0.272 e. The van der Waals surface area contributed by atoms with Crippen LogP contribution in [0.15, 0.2) is 36.3 Å². The first-order valence-corrected chi connectivity index (χ1v) is 10.1. The SMILES string of the molecule is CN/C=C(\C=C\CCOCCNC=O)NC(=O)c1cc(NC(=O)CCCOC)cn1C. The number of methoxy groups -OCH3 is 1. The topological polar surface area (TPSA) is 123 Å². The smallest absolute Gasteiger partial charge is 0.272 e. The summed E-state index contributed by atoms with van der Waals surface area (Å²) in [4.78, 5) is 34.8. The molecular weight excluding hydrogens is 402 g/mol. The zero-order valence-electron chi connectivity index (χ0n) is 18.4. The molecule has 1 heterocycles. The number of nitrogens with zero attached hydrogens (tertiary/aromatic N) is 1. The highest BCUT2D eigenvalue weighted by Crippen LogP contribution is 2.14. The van der Waals surface area contributed by atoms with Crippen LogP contribution in [0.25, 0.3) is 0 Å². The fraction of sp³-hybridized carbons (Fsp3) is 0.476. The van der Waals surface area contributed by atoms with Crippen LogP contribution in [0.3, 0.4) is 0 Å². The van der Waals surface area contributed by atoms with Gasteiger partial charge in [-0.25, -0.2) is 0 Å². The summed E-state index contributed by atoms with van der Waals surface area (Å²) in [5.74, 6) is -0.429. The van der Waals surface area contributed by atoms with E-state index in [1.54, 1.807) is 50.3 Å². The third-order valence-electron chi connectivity index (χ3n) is 4.03. The van der Waals surface area contributed by atoms with Gasteiger partial charge < -0.3 is 35.3 Å². The average Bonchev–Trinajstić information content (AvgIpc) is 3.10. The Balaban J connectivity index is 2.57. The van der Waals surface area contributed by atoms with Crippen molar-refractivity contribution in [3.05, 3.63) is 42.0 Å². The summed E-state index contributed by atoms with van der Waals surface area (Å²) >= 11 is 0. The number of allylic oxidation sites excluding steroid dienone is 1. The lowest BCUT2D eigenvalue weighted by atomic mass is 10.3. The molecule has 0 aromatic carbocycles. The number of anilines is 1. The molecule has 0 atom stereocenters. The Morgan fingerprint density at radius 2 is 2.03 bits per heavy atom. The summed E-state index contributed by atoms with van der Waals surface area (Å²) in [7, 11) is 5.07. The van der Waals surface area contributed by atoms with Crippen LogP contribution in [0.1, 0.15) is 29.8 Å². The van der Waals surface area contributed by atoms with Gasteiger partial charge >= 0.3 is 0 Å². The molecule has 10 nitrogen and oxygen atoms in total. The number of ether oxygens (including phenoxy) is 2. The molecule has 3 amide bonds. The molecule has 31 heavy (non-hydrogen) atoms. The van der Waals surface area contributed by atoms with Crippen molar-refractivity contribution in [1.29, 1.82) is 0 Å². The Kier molecular flexibility index (Phi) is 13.1. The van der Waals surface area contributed by atoms with Crippen molar-refractivity contribution in [3.8, 4) is 0 Å². The molecular formula is C21H33N5O5. The molecule has 0 fully saturated rings. The van der Waals surface area contributed by atoms with E-state index in [4.69, 9.17) is 9.47 Å². The first-order chi connectivity index (χ1) is 15.0. The Morgan fingerprint density at radius 3 is 2.74 bits per heavy atom. The number of carbonyl (C=O) groups is 3. The summed E-state index contributed by atoms with van der Waals surface area (Å²) in [5, 5.41) is 11.0. The first-order valence-electron chi connectivity index (χ1n) is 10.1. The van der Waals surface area contributed by atoms with Crippen LogP contribution >= 0.6 is 0 Å². The van der Waals surface area contributed by atoms with E-state index in [1.165, 1.54) is 0 Å². The van der Waals surface area contributed by atoms with Crippen LogP contribution in [0.5, 0.6) is 0 Å². The van der Waals surface area contributed by atoms with E-state index in [0.29, 0.717) is 69.1 Å². The van der Waals surface area contributed by atoms with E-state index in [1.807, 2.05) is 6.08 Å². The van der Waals surface area contributed by atoms with Gasteiger partial charge in [-0.1, -0.05) is 6.08 Å². The lowest BCUT2D eigenvalue weighted by molar-refractivity contribution is -0.116. The van der Waals surface area contributed by atoms with Crippen molar-refractivity contribution in [3.63, 3.8) is 0 Å². The Bertz CT molecular complexity index is 757. The average molecular weight is 436 g/mol. The number of nitrogens with one attached hydrogen (secondary N) is 4. The van der Waals surface area contributed by atoms with Crippen LogP contribution in [0.2, 0.25) is 0 Å². The highest BCUT2D eigenvalue weighted by atomic mass is 16.5. The first kappa shape index (κ1) is 25.9. The molecule has 172 valence electrons. The van der Waals surface area contributed by atoms with Gasteiger partial charge in [0.1, 0.15) is 5.69 Å². The number of aryl methyl sites for hydroxylation is 1. The van der Waals surface area contributed by atoms with E-state index in [9.17, 15) is 14.4 Å². The largest absolute Gasteiger partial charge is 0.392 e. The van der Waals surface area contributed by atoms with Crippen LogP contribution < -0.4 is 21.3 Å². The van der Waals surface area contributed by atoms with Gasteiger partial charge in [-0.05, 0) is 25.0 Å². The molecule has 0 bridgehead atoms. The number of hydrogen-bond acceptors (Lipinski definition) is 6. The van der Waals surface area contributed by atoms with Crippen molar-refractivity contribution in [2.24, 2.45) is 7.05 Å². The second kappa shape index (κ2) is 15.7. The van der Waals surface area contributed by atoms with Gasteiger partial charge in [0.05, 0.1) is 24.6 Å². The second-order valence-electron chi connectivity index (χ2n) is 6.59. The lowest BCUT2D eigenvalue weighted by Gasteiger charge is -2.07. The van der Waals surface area contributed by atoms with Crippen LogP contribution in [-0.2, 0) is 26.1 Å². The van der Waals surface area contributed by atoms with Crippen LogP contribution in [-0.4, -0.2) is 63.3 Å². The zero-order chi connectivity index (χ0) is 22.9. The summed E-state index contributed by atoms with van der Waals surface area (Å²) in [6.45, 7) is 1.94. The molecule has 0 spiro atoms. The maximum absolute atomic E-state index is 12.7. The van der Waals surface area contributed by atoms with E-state index >= 15 is 0 Å². The van der Waals surface area contributed by atoms with Gasteiger partial charge in [0, 0.05) is 53.2 Å². The van der Waals surface area contributed by atoms with Crippen molar-refractivity contribution in [2.75, 3.05) is 45.8 Å². The molecule has 4 N–H and O–H groups in total. The highest BCUT2D eigenvalue weighted by Gasteiger charge is 2.14. The van der Waals surface area contributed by atoms with Crippen molar-refractivity contribution >= 4 is 23.9 Å². The van der Waals surface area contributed by atoms with Gasteiger partial charge in [-0.15, -0.1) is 0 Å². The number of hydrogen-bond donors (Lipinski definition) is 4. The normalized spacial score (nSPS) is 11.4. The number of aromatic nitrogens is 1. The summed E-state index contributed by atoms with van der Waals surface area (Å²) < 4.78 is 12.0. The number of rotatable bonds is 16. The number of carbonyl (C=O) groups excluding carboxylic acids is 3. The molecule has 0 saturated heterocycles. The molecule has 10 heteroatoms. The van der Waals surface area contributed by atoms with E-state index in [0.717, 1.165) is 0 Å². The van der Waals surface area contributed by atoms with E-state index in [2.05, 4.69) is 21.3 Å². The molecule has 1 aromatic rings. The summed E-state index contributed by atoms with van der Waals surface area (Å²) in [5.41, 5.74) is 1.56. The molecule has 0 unspecified atom stereocenters. The Hall–Kier alpha value is -3.11. The fourth-order valence-corrected chi connectivity index (χ4v) is 2.59. The maximum atomic E-state index is 12.7. The standard InChI is InChI=1S/C21H33N5O5/c1-22-14-17(7-4-5-11-31-12-9-23-16-27)25-21(29)19-13-18(15-26(19)2)24-20(28)8-6-10-30-3/h4,7,13-16,22H,5-6,8-12H2,1-3H3,(H,23,27)(H,24,28)(H,25,29)/b7-4+,17-14+. The monoisotopic (exact) mass is 435 g/mol. The van der Waals surface area contributed by atoms with E-state index in [-0.39, 0.29) is 11.8 Å². The van der Waals surface area contributed by atoms with Crippen LogP contribution in [0.4, 0.5) is 5.69 Å². The Morgan fingerprint density at radius 1 is 1.23 bits per heavy atom. The predicted molar refractivity (Wildman–Crippen MR) is 118 cm³/mol. The predicted octanol–water partition coefficient (Wildman–Crippen LogP) is 0.890. The number of amides is 3. The zero-order valence-corrected chi connectivity index (χ0v) is 18.4. The third kappa shape index (κ3) is 11.0. The second-order valence-corrected chi connectivity index (χ2v) is 6.59. The molecule has 0 saturated carbocycles. The Labute approximate surface area is 183 Å². The molecule has 0 aliphatic rings. The minimum atomic E-state index is -0.301. The molecule has 1 rings (SSSR count).